The molecule has 1 aliphatic heterocycles. The van der Waals surface area contributed by atoms with Crippen molar-refractivity contribution in [2.45, 2.75) is 13.0 Å². The largest absolute Gasteiger partial charge is 0.363 e. The van der Waals surface area contributed by atoms with Crippen LogP contribution in [0, 0.1) is 0 Å². The van der Waals surface area contributed by atoms with Gasteiger partial charge in [0.05, 0.1) is 0 Å². The third kappa shape index (κ3) is 3.96. The lowest BCUT2D eigenvalue weighted by Crippen LogP contribution is -2.49. The minimum absolute atomic E-state index is 0.0826. The average Bonchev–Trinajstić information content (AvgIpc) is 2.67. The Hall–Kier alpha value is -2.47. The van der Waals surface area contributed by atoms with Gasteiger partial charge in [0.1, 0.15) is 5.82 Å². The maximum atomic E-state index is 12.8. The third-order valence-corrected chi connectivity index (χ3v) is 4.77. The van der Waals surface area contributed by atoms with Crippen LogP contribution in [0.15, 0.2) is 42.9 Å². The molecule has 1 atom stereocenters. The Bertz CT molecular complexity index is 711. The first-order chi connectivity index (χ1) is 12.1. The summed E-state index contributed by atoms with van der Waals surface area (Å²) in [5.41, 5.74) is 1.92. The fourth-order valence-corrected chi connectivity index (χ4v) is 3.12. The van der Waals surface area contributed by atoms with Gasteiger partial charge in [-0.1, -0.05) is 6.07 Å². The van der Waals surface area contributed by atoms with Crippen LogP contribution in [0.4, 0.5) is 5.82 Å². The van der Waals surface area contributed by atoms with Gasteiger partial charge in [-0.15, -0.1) is 0 Å². The molecular weight excluding hydrogens is 314 g/mol. The van der Waals surface area contributed by atoms with Gasteiger partial charge >= 0.3 is 0 Å². The first-order valence-corrected chi connectivity index (χ1v) is 8.63. The van der Waals surface area contributed by atoms with Gasteiger partial charge in [0.15, 0.2) is 0 Å². The minimum atomic E-state index is 0.0826. The van der Waals surface area contributed by atoms with Crippen molar-refractivity contribution in [1.82, 2.24) is 19.8 Å². The van der Waals surface area contributed by atoms with Crippen LogP contribution >= 0.6 is 0 Å². The average molecular weight is 339 g/mol. The summed E-state index contributed by atoms with van der Waals surface area (Å²) in [6, 6.07) is 8.03. The number of piperazine rings is 1. The maximum Gasteiger partial charge on any atom is 0.254 e. The summed E-state index contributed by atoms with van der Waals surface area (Å²) in [5, 5.41) is 0. The van der Waals surface area contributed by atoms with E-state index in [2.05, 4.69) is 27.9 Å². The standard InChI is InChI=1S/C19H25N5O/c1-15(17-5-4-7-20-14-17)23-9-11-24(12-10-23)19(25)16-6-8-21-18(13-16)22(2)3/h4-8,13-15H,9-12H2,1-3H3/t15-/m0/s1. The molecule has 6 nitrogen and oxygen atoms in total. The van der Waals surface area contributed by atoms with Gasteiger partial charge in [-0.05, 0) is 30.7 Å². The van der Waals surface area contributed by atoms with Crippen molar-refractivity contribution in [3.63, 3.8) is 0 Å². The zero-order valence-electron chi connectivity index (χ0n) is 15.1. The summed E-state index contributed by atoms with van der Waals surface area (Å²) in [7, 11) is 3.85. The molecule has 0 unspecified atom stereocenters. The summed E-state index contributed by atoms with van der Waals surface area (Å²) in [5.74, 6) is 0.883. The molecule has 0 N–H and O–H groups in total. The summed E-state index contributed by atoms with van der Waals surface area (Å²) in [6.07, 6.45) is 5.41. The molecule has 25 heavy (non-hydrogen) atoms. The monoisotopic (exact) mass is 339 g/mol. The Labute approximate surface area is 149 Å². The normalized spacial score (nSPS) is 16.5. The van der Waals surface area contributed by atoms with Crippen molar-refractivity contribution in [2.75, 3.05) is 45.2 Å². The van der Waals surface area contributed by atoms with Gasteiger partial charge < -0.3 is 9.80 Å². The number of aromatic nitrogens is 2. The van der Waals surface area contributed by atoms with E-state index in [0.29, 0.717) is 11.6 Å². The fourth-order valence-electron chi connectivity index (χ4n) is 3.12. The molecule has 0 aromatic carbocycles. The molecule has 0 bridgehead atoms. The van der Waals surface area contributed by atoms with Crippen LogP contribution in [-0.2, 0) is 0 Å². The molecule has 132 valence electrons. The fraction of sp³-hybridized carbons (Fsp3) is 0.421. The molecule has 0 saturated carbocycles. The highest BCUT2D eigenvalue weighted by Gasteiger charge is 2.25. The Morgan fingerprint density at radius 2 is 1.92 bits per heavy atom. The van der Waals surface area contributed by atoms with Crippen LogP contribution in [0.3, 0.4) is 0 Å². The van der Waals surface area contributed by atoms with Crippen molar-refractivity contribution >= 4 is 11.7 Å². The lowest BCUT2D eigenvalue weighted by Gasteiger charge is -2.38. The molecule has 1 amide bonds. The molecule has 2 aromatic rings. The van der Waals surface area contributed by atoms with E-state index in [4.69, 9.17) is 0 Å². The Morgan fingerprint density at radius 1 is 1.16 bits per heavy atom. The number of anilines is 1. The molecule has 6 heteroatoms. The number of hydrogen-bond donors (Lipinski definition) is 0. The topological polar surface area (TPSA) is 52.6 Å². The molecule has 3 rings (SSSR count). The smallest absolute Gasteiger partial charge is 0.254 e. The highest BCUT2D eigenvalue weighted by Crippen LogP contribution is 2.21. The van der Waals surface area contributed by atoms with E-state index in [1.54, 1.807) is 18.5 Å². The van der Waals surface area contributed by atoms with E-state index in [0.717, 1.165) is 32.0 Å². The molecule has 1 aliphatic rings. The van der Waals surface area contributed by atoms with Gasteiger partial charge in [0.25, 0.3) is 5.91 Å². The molecule has 2 aromatic heterocycles. The number of rotatable bonds is 4. The van der Waals surface area contributed by atoms with E-state index in [1.165, 1.54) is 5.56 Å². The van der Waals surface area contributed by atoms with Crippen LogP contribution in [0.2, 0.25) is 0 Å². The molecule has 0 radical (unpaired) electrons. The quantitative estimate of drug-likeness (QED) is 0.853. The number of carbonyl (C=O) groups excluding carboxylic acids is 1. The van der Waals surface area contributed by atoms with Crippen LogP contribution in [0.1, 0.15) is 28.9 Å². The maximum absolute atomic E-state index is 12.8. The second kappa shape index (κ2) is 7.61. The van der Waals surface area contributed by atoms with Crippen LogP contribution in [0.25, 0.3) is 0 Å². The zero-order valence-corrected chi connectivity index (χ0v) is 15.1. The predicted octanol–water partition coefficient (Wildman–Crippen LogP) is 2.06. The van der Waals surface area contributed by atoms with E-state index in [9.17, 15) is 4.79 Å². The number of carbonyl (C=O) groups is 1. The molecule has 0 spiro atoms. The summed E-state index contributed by atoms with van der Waals surface area (Å²) >= 11 is 0. The van der Waals surface area contributed by atoms with Crippen molar-refractivity contribution in [2.24, 2.45) is 0 Å². The second-order valence-corrected chi connectivity index (χ2v) is 6.59. The SMILES string of the molecule is C[C@@H](c1cccnc1)N1CCN(C(=O)c2ccnc(N(C)C)c2)CC1. The van der Waals surface area contributed by atoms with E-state index < -0.39 is 0 Å². The second-order valence-electron chi connectivity index (χ2n) is 6.59. The molecule has 1 saturated heterocycles. The van der Waals surface area contributed by atoms with Crippen molar-refractivity contribution in [1.29, 1.82) is 0 Å². The molecular formula is C19H25N5O. The Kier molecular flexibility index (Phi) is 5.28. The highest BCUT2D eigenvalue weighted by molar-refractivity contribution is 5.94. The van der Waals surface area contributed by atoms with Crippen molar-refractivity contribution in [3.05, 3.63) is 54.0 Å². The van der Waals surface area contributed by atoms with Gasteiger partial charge in [0, 0.05) is 70.5 Å². The molecule has 3 heterocycles. The van der Waals surface area contributed by atoms with Gasteiger partial charge in [-0.25, -0.2) is 4.98 Å². The third-order valence-electron chi connectivity index (χ3n) is 4.77. The number of pyridine rings is 2. The molecule has 0 aliphatic carbocycles. The van der Waals surface area contributed by atoms with Crippen molar-refractivity contribution in [3.8, 4) is 0 Å². The number of nitrogens with zero attached hydrogens (tertiary/aromatic N) is 5. The van der Waals surface area contributed by atoms with Crippen LogP contribution in [0.5, 0.6) is 0 Å². The lowest BCUT2D eigenvalue weighted by atomic mass is 10.1. The molecule has 1 fully saturated rings. The highest BCUT2D eigenvalue weighted by atomic mass is 16.2. The van der Waals surface area contributed by atoms with E-state index in [1.807, 2.05) is 42.2 Å². The van der Waals surface area contributed by atoms with Gasteiger partial charge in [-0.3, -0.25) is 14.7 Å². The van der Waals surface area contributed by atoms with E-state index >= 15 is 0 Å². The summed E-state index contributed by atoms with van der Waals surface area (Å²) in [6.45, 7) is 5.41. The minimum Gasteiger partial charge on any atom is -0.363 e. The van der Waals surface area contributed by atoms with Gasteiger partial charge in [-0.2, -0.15) is 0 Å². The van der Waals surface area contributed by atoms with Crippen LogP contribution in [-0.4, -0.2) is 65.9 Å². The predicted molar refractivity (Wildman–Crippen MR) is 98.7 cm³/mol. The van der Waals surface area contributed by atoms with E-state index in [-0.39, 0.29) is 5.91 Å². The lowest BCUT2D eigenvalue weighted by molar-refractivity contribution is 0.0582. The zero-order chi connectivity index (χ0) is 17.8. The Morgan fingerprint density at radius 3 is 2.56 bits per heavy atom. The van der Waals surface area contributed by atoms with Gasteiger partial charge in [0.2, 0.25) is 0 Å². The number of amides is 1. The number of hydrogen-bond acceptors (Lipinski definition) is 5. The summed E-state index contributed by atoms with van der Waals surface area (Å²) < 4.78 is 0. The van der Waals surface area contributed by atoms with Crippen molar-refractivity contribution < 1.29 is 4.79 Å². The first-order valence-electron chi connectivity index (χ1n) is 8.63. The van der Waals surface area contributed by atoms with Crippen LogP contribution < -0.4 is 4.90 Å². The Balaban J connectivity index is 1.62. The first kappa shape index (κ1) is 17.4. The summed E-state index contributed by atoms with van der Waals surface area (Å²) in [4.78, 5) is 27.5.